The molecule has 0 rings (SSSR count). The van der Waals surface area contributed by atoms with Crippen LogP contribution in [0.4, 0.5) is 0 Å². The van der Waals surface area contributed by atoms with E-state index in [4.69, 9.17) is 0 Å². The Morgan fingerprint density at radius 3 is 2.88 bits per heavy atom. The Hall–Kier alpha value is -0.850. The van der Waals surface area contributed by atoms with Crippen LogP contribution in [0.2, 0.25) is 0 Å². The molecule has 0 saturated carbocycles. The van der Waals surface area contributed by atoms with Crippen LogP contribution in [-0.4, -0.2) is 6.21 Å². The lowest BCUT2D eigenvalue weighted by molar-refractivity contribution is 1.23. The summed E-state index contributed by atoms with van der Waals surface area (Å²) in [6.45, 7) is 5.51. The molecule has 0 radical (unpaired) electrons. The van der Waals surface area contributed by atoms with Crippen molar-refractivity contribution in [2.24, 2.45) is 4.99 Å². The molecular formula is C7H11N. The first-order chi connectivity index (χ1) is 3.91. The third kappa shape index (κ3) is 5.15. The second-order valence-corrected chi connectivity index (χ2v) is 1.32. The van der Waals surface area contributed by atoms with E-state index in [1.165, 1.54) is 6.20 Å². The molecular weight excluding hydrogens is 98.1 g/mol. The van der Waals surface area contributed by atoms with E-state index in [0.29, 0.717) is 0 Å². The Labute approximate surface area is 50.4 Å². The molecule has 0 heterocycles. The topological polar surface area (TPSA) is 12.4 Å². The van der Waals surface area contributed by atoms with Crippen LogP contribution in [0.15, 0.2) is 29.9 Å². The summed E-state index contributed by atoms with van der Waals surface area (Å²) >= 11 is 0. The van der Waals surface area contributed by atoms with Crippen molar-refractivity contribution in [2.75, 3.05) is 0 Å². The molecule has 0 saturated heterocycles. The third-order valence-electron chi connectivity index (χ3n) is 0.649. The Morgan fingerprint density at radius 1 is 1.62 bits per heavy atom. The second kappa shape index (κ2) is 6.15. The Balaban J connectivity index is 3.26. The van der Waals surface area contributed by atoms with E-state index in [2.05, 4.69) is 18.5 Å². The first-order valence-corrected chi connectivity index (χ1v) is 2.71. The van der Waals surface area contributed by atoms with Gasteiger partial charge in [0.15, 0.2) is 0 Å². The van der Waals surface area contributed by atoms with Gasteiger partial charge in [-0.3, -0.25) is 4.99 Å². The second-order valence-electron chi connectivity index (χ2n) is 1.32. The molecule has 0 aliphatic rings. The minimum absolute atomic E-state index is 1.06. The fourth-order valence-electron chi connectivity index (χ4n) is 0.307. The van der Waals surface area contributed by atoms with Crippen LogP contribution < -0.4 is 0 Å². The molecule has 0 amide bonds. The normalized spacial score (nSPS) is 11.1. The molecule has 0 N–H and O–H groups in total. The van der Waals surface area contributed by atoms with Crippen molar-refractivity contribution in [1.29, 1.82) is 0 Å². The van der Waals surface area contributed by atoms with Crippen molar-refractivity contribution < 1.29 is 0 Å². The summed E-state index contributed by atoms with van der Waals surface area (Å²) in [6, 6.07) is 0. The van der Waals surface area contributed by atoms with Crippen LogP contribution in [0, 0.1) is 0 Å². The maximum atomic E-state index is 3.76. The largest absolute Gasteiger partial charge is 0.265 e. The Bertz CT molecular complexity index is 101. The Morgan fingerprint density at radius 2 is 2.38 bits per heavy atom. The molecule has 0 aliphatic carbocycles. The molecule has 44 valence electrons. The fraction of sp³-hybridized carbons (Fsp3) is 0.286. The predicted octanol–water partition coefficient (Wildman–Crippen LogP) is 2.17. The van der Waals surface area contributed by atoms with E-state index >= 15 is 0 Å². The molecule has 0 fully saturated rings. The van der Waals surface area contributed by atoms with Crippen LogP contribution in [0.25, 0.3) is 0 Å². The minimum atomic E-state index is 1.06. The molecule has 0 spiro atoms. The van der Waals surface area contributed by atoms with Crippen molar-refractivity contribution in [3.05, 3.63) is 24.9 Å². The van der Waals surface area contributed by atoms with Crippen molar-refractivity contribution in [3.63, 3.8) is 0 Å². The number of nitrogens with zero attached hydrogens (tertiary/aromatic N) is 1. The molecule has 0 atom stereocenters. The van der Waals surface area contributed by atoms with Gasteiger partial charge in [0.2, 0.25) is 0 Å². The van der Waals surface area contributed by atoms with E-state index in [9.17, 15) is 0 Å². The zero-order valence-electron chi connectivity index (χ0n) is 5.17. The first kappa shape index (κ1) is 7.15. The van der Waals surface area contributed by atoms with Crippen LogP contribution in [-0.2, 0) is 0 Å². The third-order valence-corrected chi connectivity index (χ3v) is 0.649. The number of hydrogen-bond donors (Lipinski definition) is 0. The monoisotopic (exact) mass is 109 g/mol. The lowest BCUT2D eigenvalue weighted by atomic mass is 10.4. The van der Waals surface area contributed by atoms with Crippen molar-refractivity contribution >= 4 is 6.21 Å². The standard InChI is InChI=1S/C7H11N/c1-3-5-6-7-8-4-2/h4-7H,2-3H2,1H3. The van der Waals surface area contributed by atoms with E-state index < -0.39 is 0 Å². The van der Waals surface area contributed by atoms with Gasteiger partial charge in [-0.25, -0.2) is 0 Å². The number of rotatable bonds is 3. The highest BCUT2D eigenvalue weighted by atomic mass is 14.6. The van der Waals surface area contributed by atoms with Gasteiger partial charge in [0, 0.05) is 12.4 Å². The number of aliphatic imine (C=N–C) groups is 1. The Kier molecular flexibility index (Phi) is 5.50. The van der Waals surface area contributed by atoms with Crippen molar-refractivity contribution in [2.45, 2.75) is 13.3 Å². The van der Waals surface area contributed by atoms with Crippen LogP contribution in [0.5, 0.6) is 0 Å². The van der Waals surface area contributed by atoms with Gasteiger partial charge >= 0.3 is 0 Å². The quantitative estimate of drug-likeness (QED) is 0.492. The highest BCUT2D eigenvalue weighted by Crippen LogP contribution is 1.75. The van der Waals surface area contributed by atoms with E-state index in [0.717, 1.165) is 6.42 Å². The maximum absolute atomic E-state index is 3.76. The zero-order valence-corrected chi connectivity index (χ0v) is 5.17. The zero-order chi connectivity index (χ0) is 6.24. The average molecular weight is 109 g/mol. The van der Waals surface area contributed by atoms with Gasteiger partial charge in [0.25, 0.3) is 0 Å². The van der Waals surface area contributed by atoms with Crippen molar-refractivity contribution in [3.8, 4) is 0 Å². The molecule has 0 aromatic carbocycles. The molecule has 1 heteroatoms. The van der Waals surface area contributed by atoms with Crippen molar-refractivity contribution in [1.82, 2.24) is 0 Å². The van der Waals surface area contributed by atoms with Crippen LogP contribution in [0.3, 0.4) is 0 Å². The maximum Gasteiger partial charge on any atom is 0.0264 e. The van der Waals surface area contributed by atoms with Gasteiger partial charge in [-0.15, -0.1) is 0 Å². The molecule has 0 unspecified atom stereocenters. The summed E-state index contributed by atoms with van der Waals surface area (Å²) in [5, 5.41) is 0. The van der Waals surface area contributed by atoms with Gasteiger partial charge in [0.05, 0.1) is 0 Å². The van der Waals surface area contributed by atoms with Crippen LogP contribution >= 0.6 is 0 Å². The SMILES string of the molecule is C=CN=CC=CCC. The lowest BCUT2D eigenvalue weighted by Gasteiger charge is -1.71. The number of hydrogen-bond acceptors (Lipinski definition) is 1. The van der Waals surface area contributed by atoms with E-state index in [-0.39, 0.29) is 0 Å². The average Bonchev–Trinajstić information content (AvgIpc) is 1.81. The summed E-state index contributed by atoms with van der Waals surface area (Å²) in [6.07, 6.45) is 8.23. The van der Waals surface area contributed by atoms with Gasteiger partial charge in [-0.05, 0) is 12.5 Å². The molecule has 8 heavy (non-hydrogen) atoms. The minimum Gasteiger partial charge on any atom is -0.265 e. The molecule has 0 aliphatic heterocycles. The summed E-state index contributed by atoms with van der Waals surface area (Å²) in [5.74, 6) is 0. The fourth-order valence-corrected chi connectivity index (χ4v) is 0.307. The lowest BCUT2D eigenvalue weighted by Crippen LogP contribution is -1.59. The van der Waals surface area contributed by atoms with E-state index in [1.807, 2.05) is 12.2 Å². The molecule has 0 bridgehead atoms. The highest BCUT2D eigenvalue weighted by Gasteiger charge is 1.59. The van der Waals surface area contributed by atoms with Gasteiger partial charge in [0.1, 0.15) is 0 Å². The molecule has 1 nitrogen and oxygen atoms in total. The van der Waals surface area contributed by atoms with Gasteiger partial charge < -0.3 is 0 Å². The first-order valence-electron chi connectivity index (χ1n) is 2.71. The van der Waals surface area contributed by atoms with Gasteiger partial charge in [-0.2, -0.15) is 0 Å². The predicted molar refractivity (Wildman–Crippen MR) is 38.1 cm³/mol. The number of allylic oxidation sites excluding steroid dienone is 2. The summed E-state index contributed by atoms with van der Waals surface area (Å²) in [5.41, 5.74) is 0. The smallest absolute Gasteiger partial charge is 0.0264 e. The molecule has 0 aromatic rings. The highest BCUT2D eigenvalue weighted by molar-refractivity contribution is 5.71. The van der Waals surface area contributed by atoms with Gasteiger partial charge in [-0.1, -0.05) is 19.6 Å². The van der Waals surface area contributed by atoms with Crippen LogP contribution in [0.1, 0.15) is 13.3 Å². The summed E-state index contributed by atoms with van der Waals surface area (Å²) in [4.78, 5) is 3.76. The molecule has 0 aromatic heterocycles. The summed E-state index contributed by atoms with van der Waals surface area (Å²) in [7, 11) is 0. The summed E-state index contributed by atoms with van der Waals surface area (Å²) < 4.78 is 0. The van der Waals surface area contributed by atoms with E-state index in [1.54, 1.807) is 6.21 Å².